The molecule has 0 atom stereocenters. The molecule has 0 spiro atoms. The van der Waals surface area contributed by atoms with Gasteiger partial charge in [0.2, 0.25) is 0 Å². The fraction of sp³-hybridized carbons (Fsp3) is 0.684. The monoisotopic (exact) mass is 389 g/mol. The van der Waals surface area contributed by atoms with Gasteiger partial charge in [0.15, 0.2) is 5.65 Å². The number of rotatable bonds is 6. The van der Waals surface area contributed by atoms with Crippen LogP contribution in [0.1, 0.15) is 33.4 Å². The maximum Gasteiger partial charge on any atom is 0.495 e. The molecule has 1 aliphatic rings. The van der Waals surface area contributed by atoms with Crippen LogP contribution in [-0.2, 0) is 20.8 Å². The number of ether oxygens (including phenoxy) is 1. The first-order valence-corrected chi connectivity index (χ1v) is 13.4. The van der Waals surface area contributed by atoms with Crippen LogP contribution in [0.3, 0.4) is 0 Å². The van der Waals surface area contributed by atoms with Gasteiger partial charge in [-0.05, 0) is 52.2 Å². The number of aryl methyl sites for hydroxylation is 1. The third kappa shape index (κ3) is 4.29. The summed E-state index contributed by atoms with van der Waals surface area (Å²) >= 11 is 0. The second-order valence-electron chi connectivity index (χ2n) is 9.67. The molecule has 2 aromatic heterocycles. The van der Waals surface area contributed by atoms with Crippen LogP contribution in [0.25, 0.3) is 11.0 Å². The van der Waals surface area contributed by atoms with Crippen molar-refractivity contribution >= 4 is 31.7 Å². The van der Waals surface area contributed by atoms with Crippen molar-refractivity contribution in [2.75, 3.05) is 6.61 Å². The third-order valence-corrected chi connectivity index (χ3v) is 7.19. The SMILES string of the molecule is Cc1cc(B2OC(C)(C)C(C)(C)O2)c2cnn(COCC[Si](C)(C)C)c2n1. The van der Waals surface area contributed by atoms with Gasteiger partial charge in [-0.3, -0.25) is 0 Å². The van der Waals surface area contributed by atoms with Crippen LogP contribution in [0, 0.1) is 6.92 Å². The zero-order valence-corrected chi connectivity index (χ0v) is 18.9. The highest BCUT2D eigenvalue weighted by Gasteiger charge is 2.52. The normalized spacial score (nSPS) is 19.2. The summed E-state index contributed by atoms with van der Waals surface area (Å²) in [5.41, 5.74) is 1.95. The number of nitrogens with zero attached hydrogens (tertiary/aromatic N) is 3. The van der Waals surface area contributed by atoms with Crippen LogP contribution in [0.15, 0.2) is 12.3 Å². The second kappa shape index (κ2) is 6.99. The lowest BCUT2D eigenvalue weighted by molar-refractivity contribution is 0.00578. The predicted molar refractivity (Wildman–Crippen MR) is 112 cm³/mol. The lowest BCUT2D eigenvalue weighted by atomic mass is 9.77. The molecule has 0 aromatic carbocycles. The first-order chi connectivity index (χ1) is 12.4. The molecule has 0 bridgehead atoms. The van der Waals surface area contributed by atoms with E-state index in [0.29, 0.717) is 6.73 Å². The summed E-state index contributed by atoms with van der Waals surface area (Å²) in [6.45, 7) is 18.5. The van der Waals surface area contributed by atoms with E-state index in [1.54, 1.807) is 0 Å². The maximum absolute atomic E-state index is 6.24. The molecule has 1 fully saturated rings. The Labute approximate surface area is 163 Å². The van der Waals surface area contributed by atoms with Crippen molar-refractivity contribution in [2.45, 2.75) is 78.2 Å². The van der Waals surface area contributed by atoms with E-state index < -0.39 is 15.2 Å². The predicted octanol–water partition coefficient (Wildman–Crippen LogP) is 3.35. The molecule has 3 rings (SSSR count). The van der Waals surface area contributed by atoms with Gasteiger partial charge in [0.1, 0.15) is 6.73 Å². The Morgan fingerprint density at radius 2 is 1.78 bits per heavy atom. The molecule has 27 heavy (non-hydrogen) atoms. The third-order valence-electron chi connectivity index (χ3n) is 5.49. The van der Waals surface area contributed by atoms with Gasteiger partial charge in [-0.25, -0.2) is 9.67 Å². The molecule has 3 heterocycles. The Balaban J connectivity index is 1.84. The largest absolute Gasteiger partial charge is 0.495 e. The van der Waals surface area contributed by atoms with Gasteiger partial charge >= 0.3 is 7.12 Å². The zero-order chi connectivity index (χ0) is 20.0. The molecule has 148 valence electrons. The van der Waals surface area contributed by atoms with E-state index in [1.807, 2.05) is 23.9 Å². The smallest absolute Gasteiger partial charge is 0.399 e. The summed E-state index contributed by atoms with van der Waals surface area (Å²) in [7, 11) is -1.53. The maximum atomic E-state index is 6.24. The van der Waals surface area contributed by atoms with Crippen LogP contribution < -0.4 is 5.46 Å². The molecule has 1 saturated heterocycles. The fourth-order valence-electron chi connectivity index (χ4n) is 2.99. The molecular weight excluding hydrogens is 357 g/mol. The molecule has 2 aromatic rings. The first kappa shape index (κ1) is 20.5. The van der Waals surface area contributed by atoms with E-state index in [0.717, 1.165) is 34.8 Å². The van der Waals surface area contributed by atoms with Gasteiger partial charge in [0.25, 0.3) is 0 Å². The van der Waals surface area contributed by atoms with Crippen LogP contribution in [0.5, 0.6) is 0 Å². The molecule has 0 aliphatic carbocycles. The van der Waals surface area contributed by atoms with Crippen molar-refractivity contribution in [2.24, 2.45) is 0 Å². The molecule has 0 saturated carbocycles. The summed E-state index contributed by atoms with van der Waals surface area (Å²) in [6, 6.07) is 3.17. The Morgan fingerprint density at radius 3 is 2.37 bits per heavy atom. The highest BCUT2D eigenvalue weighted by molar-refractivity contribution is 6.76. The summed E-state index contributed by atoms with van der Waals surface area (Å²) in [5.74, 6) is 0. The quantitative estimate of drug-likeness (QED) is 0.560. The van der Waals surface area contributed by atoms with E-state index in [1.165, 1.54) is 0 Å². The van der Waals surface area contributed by atoms with Crippen molar-refractivity contribution < 1.29 is 14.0 Å². The van der Waals surface area contributed by atoms with E-state index in [2.05, 4.69) is 57.4 Å². The molecule has 1 aliphatic heterocycles. The highest BCUT2D eigenvalue weighted by atomic mass is 28.3. The lowest BCUT2D eigenvalue weighted by Crippen LogP contribution is -2.41. The molecular formula is C19H32BN3O3Si. The summed E-state index contributed by atoms with van der Waals surface area (Å²) in [5, 5.41) is 5.46. The van der Waals surface area contributed by atoms with Gasteiger partial charge in [-0.1, -0.05) is 19.6 Å². The van der Waals surface area contributed by atoms with Crippen LogP contribution in [-0.4, -0.2) is 47.8 Å². The van der Waals surface area contributed by atoms with E-state index in [9.17, 15) is 0 Å². The Bertz CT molecular complexity index is 813. The first-order valence-electron chi connectivity index (χ1n) is 9.66. The number of aromatic nitrogens is 3. The second-order valence-corrected chi connectivity index (χ2v) is 15.3. The summed E-state index contributed by atoms with van der Waals surface area (Å²) < 4.78 is 20.2. The van der Waals surface area contributed by atoms with Crippen molar-refractivity contribution in [1.29, 1.82) is 0 Å². The summed E-state index contributed by atoms with van der Waals surface area (Å²) in [4.78, 5) is 4.69. The highest BCUT2D eigenvalue weighted by Crippen LogP contribution is 2.37. The van der Waals surface area contributed by atoms with Crippen molar-refractivity contribution in [3.8, 4) is 0 Å². The average molecular weight is 389 g/mol. The number of pyridine rings is 1. The molecule has 0 radical (unpaired) electrons. The zero-order valence-electron chi connectivity index (χ0n) is 17.9. The minimum atomic E-state index is -1.10. The minimum Gasteiger partial charge on any atom is -0.399 e. The topological polar surface area (TPSA) is 58.4 Å². The van der Waals surface area contributed by atoms with Gasteiger partial charge < -0.3 is 14.0 Å². The van der Waals surface area contributed by atoms with E-state index >= 15 is 0 Å². The molecule has 6 nitrogen and oxygen atoms in total. The van der Waals surface area contributed by atoms with Crippen LogP contribution >= 0.6 is 0 Å². The number of fused-ring (bicyclic) bond motifs is 1. The van der Waals surface area contributed by atoms with Crippen molar-refractivity contribution in [3.63, 3.8) is 0 Å². The van der Waals surface area contributed by atoms with Gasteiger partial charge in [0, 0.05) is 25.8 Å². The van der Waals surface area contributed by atoms with Gasteiger partial charge in [-0.2, -0.15) is 5.10 Å². The van der Waals surface area contributed by atoms with Gasteiger partial charge in [0.05, 0.1) is 17.4 Å². The van der Waals surface area contributed by atoms with Crippen LogP contribution in [0.4, 0.5) is 0 Å². The van der Waals surface area contributed by atoms with Crippen molar-refractivity contribution in [3.05, 3.63) is 18.0 Å². The fourth-order valence-corrected chi connectivity index (χ4v) is 3.75. The van der Waals surface area contributed by atoms with Crippen LogP contribution in [0.2, 0.25) is 25.7 Å². The Morgan fingerprint density at radius 1 is 1.15 bits per heavy atom. The summed E-state index contributed by atoms with van der Waals surface area (Å²) in [6.07, 6.45) is 1.84. The minimum absolute atomic E-state index is 0.378. The average Bonchev–Trinajstić information content (AvgIpc) is 3.00. The number of hydrogen-bond acceptors (Lipinski definition) is 5. The molecule has 8 heteroatoms. The standard InChI is InChI=1S/C19H32BN3O3Si/c1-14-11-16(20-25-18(2,3)19(4,5)26-20)15-12-21-23(17(15)22-14)13-24-9-10-27(6,7)8/h11-12H,9-10,13H2,1-8H3. The molecule has 0 amide bonds. The Hall–Kier alpha value is -1.22. The molecule has 0 N–H and O–H groups in total. The van der Waals surface area contributed by atoms with E-state index in [4.69, 9.17) is 14.0 Å². The van der Waals surface area contributed by atoms with Crippen molar-refractivity contribution in [1.82, 2.24) is 14.8 Å². The molecule has 0 unspecified atom stereocenters. The van der Waals surface area contributed by atoms with Gasteiger partial charge in [-0.15, -0.1) is 0 Å². The van der Waals surface area contributed by atoms with E-state index in [-0.39, 0.29) is 11.2 Å². The number of hydrogen-bond donors (Lipinski definition) is 0. The Kier molecular flexibility index (Phi) is 5.31. The lowest BCUT2D eigenvalue weighted by Gasteiger charge is -2.32.